The number of thiophene rings is 3. The van der Waals surface area contributed by atoms with Gasteiger partial charge in [-0.3, -0.25) is 19.2 Å². The lowest BCUT2D eigenvalue weighted by Crippen LogP contribution is -2.28. The number of nitrogens with zero attached hydrogens (tertiary/aromatic N) is 4. The number of benzene rings is 2. The Bertz CT molecular complexity index is 3140. The van der Waals surface area contributed by atoms with E-state index in [4.69, 9.17) is 0 Å². The van der Waals surface area contributed by atoms with Crippen molar-refractivity contribution in [3.05, 3.63) is 125 Å². The summed E-state index contributed by atoms with van der Waals surface area (Å²) in [6, 6.07) is 15.4. The Kier molecular flexibility index (Phi) is 7.63. The molecule has 0 radical (unpaired) electrons. The van der Waals surface area contributed by atoms with E-state index in [0.717, 1.165) is 77.6 Å². The number of hydrogen-bond donors (Lipinski definition) is 0. The van der Waals surface area contributed by atoms with Gasteiger partial charge in [-0.25, -0.2) is 0 Å². The van der Waals surface area contributed by atoms with Gasteiger partial charge in [0.1, 0.15) is 24.3 Å². The first-order valence-corrected chi connectivity index (χ1v) is 22.2. The number of Topliss-reactive ketones (excluding diaryl/α,β-unsaturated/α-hetero) is 4. The van der Waals surface area contributed by atoms with Crippen LogP contribution in [0.25, 0.3) is 30.4 Å². The molecule has 3 heterocycles. The third kappa shape index (κ3) is 4.64. The van der Waals surface area contributed by atoms with Crippen LogP contribution in [0.15, 0.2) is 64.8 Å². The Morgan fingerprint density at radius 2 is 1.00 bits per heavy atom. The van der Waals surface area contributed by atoms with Crippen LogP contribution in [0.2, 0.25) is 0 Å². The van der Waals surface area contributed by atoms with Crippen molar-refractivity contribution in [2.45, 2.75) is 69.6 Å². The van der Waals surface area contributed by atoms with Gasteiger partial charge in [-0.2, -0.15) is 21.0 Å². The minimum Gasteiger partial charge on any atom is -0.288 e. The molecule has 6 aliphatic carbocycles. The molecule has 59 heavy (non-hydrogen) atoms. The van der Waals surface area contributed by atoms with Crippen molar-refractivity contribution in [3.8, 4) is 24.3 Å². The first kappa shape index (κ1) is 35.8. The molecule has 0 amide bonds. The molecule has 6 aliphatic rings. The third-order valence-corrected chi connectivity index (χ3v) is 17.4. The van der Waals surface area contributed by atoms with Crippen molar-refractivity contribution in [3.63, 3.8) is 0 Å². The van der Waals surface area contributed by atoms with E-state index in [9.17, 15) is 40.2 Å². The summed E-state index contributed by atoms with van der Waals surface area (Å²) in [6.07, 6.45) is 16.3. The quantitative estimate of drug-likeness (QED) is 0.125. The zero-order valence-electron chi connectivity index (χ0n) is 31.3. The van der Waals surface area contributed by atoms with E-state index in [1.807, 2.05) is 41.7 Å². The molecule has 2 saturated carbocycles. The molecule has 0 atom stereocenters. The fourth-order valence-corrected chi connectivity index (χ4v) is 15.5. The molecule has 0 N–H and O–H groups in total. The van der Waals surface area contributed by atoms with E-state index in [-0.39, 0.29) is 66.5 Å². The van der Waals surface area contributed by atoms with Crippen LogP contribution < -0.4 is 0 Å². The second-order valence-corrected chi connectivity index (χ2v) is 19.5. The van der Waals surface area contributed by atoms with Crippen LogP contribution >= 0.6 is 34.0 Å². The van der Waals surface area contributed by atoms with Gasteiger partial charge in [-0.1, -0.05) is 44.6 Å². The highest BCUT2D eigenvalue weighted by Crippen LogP contribution is 2.70. The monoisotopic (exact) mass is 820 g/mol. The van der Waals surface area contributed by atoms with Gasteiger partial charge >= 0.3 is 0 Å². The highest BCUT2D eigenvalue weighted by Gasteiger charge is 2.57. The van der Waals surface area contributed by atoms with Gasteiger partial charge in [0.05, 0.1) is 47.5 Å². The maximum atomic E-state index is 14.0. The largest absolute Gasteiger partial charge is 0.288 e. The Balaban J connectivity index is 1.03. The van der Waals surface area contributed by atoms with Crippen LogP contribution in [0.1, 0.15) is 143 Å². The third-order valence-electron chi connectivity index (χ3n) is 13.6. The molecule has 2 spiro atoms. The Labute approximate surface area is 349 Å². The van der Waals surface area contributed by atoms with Gasteiger partial charge in [0, 0.05) is 47.5 Å². The minimum atomic E-state index is -0.442. The molecule has 2 fully saturated rings. The first-order chi connectivity index (χ1) is 28.7. The summed E-state index contributed by atoms with van der Waals surface area (Å²) in [6.45, 7) is 0. The van der Waals surface area contributed by atoms with Crippen molar-refractivity contribution in [2.24, 2.45) is 5.41 Å². The van der Waals surface area contributed by atoms with Crippen LogP contribution in [0.3, 0.4) is 0 Å². The molecule has 8 nitrogen and oxygen atoms in total. The fraction of sp³-hybridized carbons (Fsp3) is 0.250. The average molecular weight is 821 g/mol. The number of carbonyl (C=O) groups is 4. The maximum Gasteiger partial charge on any atom is 0.197 e. The number of hydrogen-bond acceptors (Lipinski definition) is 11. The summed E-state index contributed by atoms with van der Waals surface area (Å²) >= 11 is 5.17. The van der Waals surface area contributed by atoms with Gasteiger partial charge in [-0.05, 0) is 90.4 Å². The van der Waals surface area contributed by atoms with E-state index >= 15 is 0 Å². The summed E-state index contributed by atoms with van der Waals surface area (Å²) in [4.78, 5) is 57.0. The van der Waals surface area contributed by atoms with Crippen LogP contribution in [-0.4, -0.2) is 23.1 Å². The Hall–Kier alpha value is -6.34. The Morgan fingerprint density at radius 1 is 0.525 bits per heavy atom. The zero-order chi connectivity index (χ0) is 40.5. The Morgan fingerprint density at radius 3 is 1.49 bits per heavy atom. The summed E-state index contributed by atoms with van der Waals surface area (Å²) in [5, 5.41) is 38.3. The zero-order valence-corrected chi connectivity index (χ0v) is 33.8. The maximum absolute atomic E-state index is 14.0. The molecule has 0 aliphatic heterocycles. The van der Waals surface area contributed by atoms with Crippen molar-refractivity contribution in [1.82, 2.24) is 0 Å². The van der Waals surface area contributed by atoms with Gasteiger partial charge in [0.15, 0.2) is 23.1 Å². The number of rotatable bonds is 2. The van der Waals surface area contributed by atoms with Crippen LogP contribution in [0.4, 0.5) is 0 Å². The average Bonchev–Trinajstić information content (AvgIpc) is 4.10. The van der Waals surface area contributed by atoms with Crippen molar-refractivity contribution in [2.75, 3.05) is 0 Å². The van der Waals surface area contributed by atoms with Gasteiger partial charge in [0.25, 0.3) is 0 Å². The van der Waals surface area contributed by atoms with E-state index in [1.165, 1.54) is 61.7 Å². The molecule has 0 saturated heterocycles. The second-order valence-electron chi connectivity index (χ2n) is 16.3. The predicted octanol–water partition coefficient (Wildman–Crippen LogP) is 11.0. The number of allylic oxidation sites excluding steroid dienone is 7. The van der Waals surface area contributed by atoms with Crippen LogP contribution in [0, 0.1) is 50.7 Å². The van der Waals surface area contributed by atoms with Crippen LogP contribution in [-0.2, 0) is 5.41 Å². The van der Waals surface area contributed by atoms with E-state index in [0.29, 0.717) is 0 Å². The normalized spacial score (nSPS) is 19.5. The topological polar surface area (TPSA) is 163 Å². The van der Waals surface area contributed by atoms with Crippen molar-refractivity contribution < 1.29 is 19.2 Å². The summed E-state index contributed by atoms with van der Waals surface area (Å²) in [7, 11) is 0. The van der Waals surface area contributed by atoms with Gasteiger partial charge in [0.2, 0.25) is 0 Å². The molecule has 282 valence electrons. The van der Waals surface area contributed by atoms with E-state index < -0.39 is 23.1 Å². The number of carbonyl (C=O) groups excluding carboxylic acids is 4. The molecule has 2 aromatic carbocycles. The van der Waals surface area contributed by atoms with E-state index in [2.05, 4.69) is 12.1 Å². The molecule has 0 bridgehead atoms. The summed E-state index contributed by atoms with van der Waals surface area (Å²) in [5.74, 6) is -1.68. The lowest BCUT2D eigenvalue weighted by atomic mass is 9.66. The summed E-state index contributed by atoms with van der Waals surface area (Å²) in [5.41, 5.74) is 5.73. The SMILES string of the molecule is N#Cc1cc2c(cc1C#N)C(=O)C(=CC1=CC3=C(c4sc5c(sc6cc(C=C7C(=O)c8cc(C#N)c(C#N)cc8C7=O)sc65)c4C34CCCCC4)C13CCCCC3)C2=O. The summed E-state index contributed by atoms with van der Waals surface area (Å²) < 4.78 is 4.73. The highest BCUT2D eigenvalue weighted by molar-refractivity contribution is 7.39. The lowest BCUT2D eigenvalue weighted by Gasteiger charge is -2.38. The second kappa shape index (κ2) is 12.6. The van der Waals surface area contributed by atoms with Crippen molar-refractivity contribution >= 4 is 87.6 Å². The minimum absolute atomic E-state index is 0.0324. The number of nitriles is 4. The van der Waals surface area contributed by atoms with Gasteiger partial charge < -0.3 is 0 Å². The highest BCUT2D eigenvalue weighted by atomic mass is 32.1. The molecular weight excluding hydrogens is 793 g/mol. The number of ketones is 4. The van der Waals surface area contributed by atoms with Crippen molar-refractivity contribution in [1.29, 1.82) is 21.0 Å². The van der Waals surface area contributed by atoms with Gasteiger partial charge in [-0.15, -0.1) is 34.0 Å². The first-order valence-electron chi connectivity index (χ1n) is 19.7. The lowest BCUT2D eigenvalue weighted by molar-refractivity contribution is 0.0973. The predicted molar refractivity (Wildman–Crippen MR) is 225 cm³/mol. The molecule has 0 unspecified atom stereocenters. The molecule has 5 aromatic rings. The molecule has 11 rings (SSSR count). The smallest absolute Gasteiger partial charge is 0.197 e. The molecule has 3 aromatic heterocycles. The standard InChI is InChI=1S/C48H28N4O4S3/c49-19-23-11-29-30(12-24(23)20-50)40(54)33(39(29)53)15-27-16-35-37(47(27)7-3-1-4-8-47)44-38(48(35)9-5-2-6-10-48)45-46(59-44)43-36(58-45)18-28(57-43)17-34-41(55)31-13-25(21-51)26(22-52)14-32(31)42(34)56/h11-18H,1-10H2. The number of fused-ring (bicyclic) bond motifs is 11. The molecular formula is C48H28N4O4S3. The van der Waals surface area contributed by atoms with E-state index in [1.54, 1.807) is 28.7 Å². The molecule has 11 heteroatoms. The fourth-order valence-electron chi connectivity index (χ4n) is 10.9. The van der Waals surface area contributed by atoms with Crippen LogP contribution in [0.5, 0.6) is 0 Å².